The van der Waals surface area contributed by atoms with E-state index in [-0.39, 0.29) is 0 Å². The second-order valence-corrected chi connectivity index (χ2v) is 6.91. The van der Waals surface area contributed by atoms with Gasteiger partial charge in [-0.1, -0.05) is 37.3 Å². The van der Waals surface area contributed by atoms with Crippen LogP contribution >= 0.6 is 0 Å². The summed E-state index contributed by atoms with van der Waals surface area (Å²) in [5.41, 5.74) is 4.86. The zero-order chi connectivity index (χ0) is 18.6. The molecule has 0 saturated carbocycles. The summed E-state index contributed by atoms with van der Waals surface area (Å²) in [5.74, 6) is 1.38. The largest absolute Gasteiger partial charge is 0.508 e. The van der Waals surface area contributed by atoms with Crippen LogP contribution in [0.2, 0.25) is 0 Å². The molecule has 2 aromatic carbocycles. The molecule has 27 heavy (non-hydrogen) atoms. The molecule has 1 aromatic heterocycles. The van der Waals surface area contributed by atoms with Crippen LogP contribution < -0.4 is 9.80 Å². The van der Waals surface area contributed by atoms with Crippen LogP contribution in [-0.4, -0.2) is 36.3 Å². The Balaban J connectivity index is 1.49. The number of aryl methyl sites for hydroxylation is 1. The van der Waals surface area contributed by atoms with Gasteiger partial charge in [0.1, 0.15) is 11.6 Å². The van der Waals surface area contributed by atoms with Crippen LogP contribution in [0.1, 0.15) is 12.5 Å². The van der Waals surface area contributed by atoms with Crippen LogP contribution in [0.5, 0.6) is 5.75 Å². The molecule has 1 aliphatic rings. The maximum Gasteiger partial charge on any atom is 0.129 e. The number of piperazine rings is 1. The first-order valence-corrected chi connectivity index (χ1v) is 9.58. The van der Waals surface area contributed by atoms with Gasteiger partial charge >= 0.3 is 0 Å². The molecule has 4 rings (SSSR count). The Morgan fingerprint density at radius 1 is 0.852 bits per heavy atom. The summed E-state index contributed by atoms with van der Waals surface area (Å²) in [7, 11) is 0. The highest BCUT2D eigenvalue weighted by Crippen LogP contribution is 2.28. The quantitative estimate of drug-likeness (QED) is 0.752. The predicted octanol–water partition coefficient (Wildman–Crippen LogP) is 4.34. The molecule has 0 unspecified atom stereocenters. The topological polar surface area (TPSA) is 39.6 Å². The first-order chi connectivity index (χ1) is 13.2. The third-order valence-corrected chi connectivity index (χ3v) is 5.24. The summed E-state index contributed by atoms with van der Waals surface area (Å²) in [4.78, 5) is 9.37. The Hall–Kier alpha value is -3.01. The summed E-state index contributed by atoms with van der Waals surface area (Å²) < 4.78 is 0. The van der Waals surface area contributed by atoms with E-state index >= 15 is 0 Å². The Kier molecular flexibility index (Phi) is 4.97. The van der Waals surface area contributed by atoms with Gasteiger partial charge < -0.3 is 14.9 Å². The molecule has 1 N–H and O–H groups in total. The van der Waals surface area contributed by atoms with Crippen molar-refractivity contribution in [1.82, 2.24) is 4.98 Å². The molecule has 4 heteroatoms. The fourth-order valence-corrected chi connectivity index (χ4v) is 3.74. The summed E-state index contributed by atoms with van der Waals surface area (Å²) in [6, 6.07) is 20.4. The predicted molar refractivity (Wildman–Crippen MR) is 112 cm³/mol. The normalized spacial score (nSPS) is 14.4. The number of aromatic nitrogens is 1. The number of hydrogen-bond acceptors (Lipinski definition) is 4. The number of anilines is 2. The van der Waals surface area contributed by atoms with Gasteiger partial charge in [0.2, 0.25) is 0 Å². The number of phenols is 1. The van der Waals surface area contributed by atoms with E-state index in [9.17, 15) is 5.11 Å². The second-order valence-electron chi connectivity index (χ2n) is 6.91. The van der Waals surface area contributed by atoms with Crippen LogP contribution in [0.25, 0.3) is 11.1 Å². The highest BCUT2D eigenvalue weighted by atomic mass is 16.3. The van der Waals surface area contributed by atoms with Crippen molar-refractivity contribution in [3.63, 3.8) is 0 Å². The molecule has 0 spiro atoms. The van der Waals surface area contributed by atoms with Gasteiger partial charge in [0.15, 0.2) is 0 Å². The van der Waals surface area contributed by atoms with E-state index in [1.165, 1.54) is 22.4 Å². The minimum atomic E-state index is 0.344. The van der Waals surface area contributed by atoms with E-state index in [0.29, 0.717) is 5.75 Å². The number of nitrogens with zero attached hydrogens (tertiary/aromatic N) is 3. The van der Waals surface area contributed by atoms with Gasteiger partial charge in [-0.2, -0.15) is 0 Å². The molecular weight excluding hydrogens is 334 g/mol. The lowest BCUT2D eigenvalue weighted by Gasteiger charge is -2.37. The number of hydrogen-bond donors (Lipinski definition) is 1. The molecule has 0 amide bonds. The van der Waals surface area contributed by atoms with Gasteiger partial charge in [-0.25, -0.2) is 4.98 Å². The van der Waals surface area contributed by atoms with Gasteiger partial charge in [-0.05, 0) is 53.4 Å². The molecule has 0 radical (unpaired) electrons. The van der Waals surface area contributed by atoms with E-state index in [4.69, 9.17) is 0 Å². The van der Waals surface area contributed by atoms with Crippen LogP contribution in [0.15, 0.2) is 66.9 Å². The summed E-state index contributed by atoms with van der Waals surface area (Å²) in [6.45, 7) is 5.92. The number of benzene rings is 2. The summed E-state index contributed by atoms with van der Waals surface area (Å²) in [5, 5.41) is 9.74. The molecule has 2 heterocycles. The summed E-state index contributed by atoms with van der Waals surface area (Å²) >= 11 is 0. The van der Waals surface area contributed by atoms with Crippen LogP contribution in [0.3, 0.4) is 0 Å². The minimum Gasteiger partial charge on any atom is -0.508 e. The fraction of sp³-hybridized carbons (Fsp3) is 0.261. The molecule has 1 aliphatic heterocycles. The maximum atomic E-state index is 9.74. The Morgan fingerprint density at radius 2 is 1.59 bits per heavy atom. The van der Waals surface area contributed by atoms with Crippen molar-refractivity contribution in [1.29, 1.82) is 0 Å². The monoisotopic (exact) mass is 359 g/mol. The van der Waals surface area contributed by atoms with Crippen molar-refractivity contribution in [2.45, 2.75) is 13.3 Å². The Bertz CT molecular complexity index is 903. The van der Waals surface area contributed by atoms with Crippen molar-refractivity contribution < 1.29 is 5.11 Å². The number of rotatable bonds is 4. The van der Waals surface area contributed by atoms with Crippen molar-refractivity contribution >= 4 is 11.5 Å². The molecular formula is C23H25N3O. The van der Waals surface area contributed by atoms with Gasteiger partial charge in [0.05, 0.1) is 0 Å². The molecule has 1 fully saturated rings. The lowest BCUT2D eigenvalue weighted by molar-refractivity contribution is 0.474. The molecule has 0 aliphatic carbocycles. The standard InChI is InChI=1S/C23H25N3O/c1-2-18-16-21(27)8-9-22(18)25-12-14-26(15-13-25)23-17-20(10-11-24-23)19-6-4-3-5-7-19/h3-11,16-17,27H,2,12-15H2,1H3. The van der Waals surface area contributed by atoms with E-state index in [0.717, 1.165) is 38.4 Å². The molecule has 4 nitrogen and oxygen atoms in total. The average Bonchev–Trinajstić information content (AvgIpc) is 2.74. The van der Waals surface area contributed by atoms with Crippen molar-refractivity contribution in [3.8, 4) is 16.9 Å². The van der Waals surface area contributed by atoms with Crippen LogP contribution in [-0.2, 0) is 6.42 Å². The third-order valence-electron chi connectivity index (χ3n) is 5.24. The first kappa shape index (κ1) is 17.4. The van der Waals surface area contributed by atoms with Gasteiger partial charge in [0, 0.05) is 38.1 Å². The van der Waals surface area contributed by atoms with Gasteiger partial charge in [-0.15, -0.1) is 0 Å². The zero-order valence-electron chi connectivity index (χ0n) is 15.7. The lowest BCUT2D eigenvalue weighted by Crippen LogP contribution is -2.47. The van der Waals surface area contributed by atoms with E-state index in [1.807, 2.05) is 24.4 Å². The fourth-order valence-electron chi connectivity index (χ4n) is 3.74. The van der Waals surface area contributed by atoms with Gasteiger partial charge in [-0.3, -0.25) is 0 Å². The first-order valence-electron chi connectivity index (χ1n) is 9.58. The van der Waals surface area contributed by atoms with E-state index < -0.39 is 0 Å². The summed E-state index contributed by atoms with van der Waals surface area (Å²) in [6.07, 6.45) is 2.82. The van der Waals surface area contributed by atoms with Gasteiger partial charge in [0.25, 0.3) is 0 Å². The van der Waals surface area contributed by atoms with Crippen LogP contribution in [0.4, 0.5) is 11.5 Å². The Labute approximate surface area is 160 Å². The molecule has 1 saturated heterocycles. The molecule has 138 valence electrons. The van der Waals surface area contributed by atoms with E-state index in [2.05, 4.69) is 58.1 Å². The molecule has 0 bridgehead atoms. The SMILES string of the molecule is CCc1cc(O)ccc1N1CCN(c2cc(-c3ccccc3)ccn2)CC1. The van der Waals surface area contributed by atoms with Crippen molar-refractivity contribution in [3.05, 3.63) is 72.4 Å². The third kappa shape index (κ3) is 3.75. The Morgan fingerprint density at radius 3 is 2.33 bits per heavy atom. The minimum absolute atomic E-state index is 0.344. The van der Waals surface area contributed by atoms with Crippen molar-refractivity contribution in [2.75, 3.05) is 36.0 Å². The number of aromatic hydroxyl groups is 1. The highest BCUT2D eigenvalue weighted by molar-refractivity contribution is 5.67. The van der Waals surface area contributed by atoms with Crippen molar-refractivity contribution in [2.24, 2.45) is 0 Å². The molecule has 0 atom stereocenters. The average molecular weight is 359 g/mol. The van der Waals surface area contributed by atoms with Crippen LogP contribution in [0, 0.1) is 0 Å². The number of phenolic OH excluding ortho intramolecular Hbond substituents is 1. The lowest BCUT2D eigenvalue weighted by atomic mass is 10.1. The zero-order valence-corrected chi connectivity index (χ0v) is 15.7. The smallest absolute Gasteiger partial charge is 0.129 e. The van der Waals surface area contributed by atoms with E-state index in [1.54, 1.807) is 6.07 Å². The number of pyridine rings is 1. The highest BCUT2D eigenvalue weighted by Gasteiger charge is 2.20. The maximum absolute atomic E-state index is 9.74. The molecule has 3 aromatic rings. The second kappa shape index (κ2) is 7.70.